The zero-order valence-corrected chi connectivity index (χ0v) is 11.7. The van der Waals surface area contributed by atoms with E-state index in [-0.39, 0.29) is 22.9 Å². The number of rotatable bonds is 6. The zero-order chi connectivity index (χ0) is 14.5. The van der Waals surface area contributed by atoms with Crippen LogP contribution in [0, 0.1) is 0 Å². The molecule has 0 heterocycles. The molecule has 0 aliphatic heterocycles. The van der Waals surface area contributed by atoms with Crippen LogP contribution in [0.2, 0.25) is 0 Å². The van der Waals surface area contributed by atoms with E-state index in [1.54, 1.807) is 19.1 Å². The molecule has 1 unspecified atom stereocenters. The van der Waals surface area contributed by atoms with E-state index in [1.807, 2.05) is 0 Å². The van der Waals surface area contributed by atoms with Crippen molar-refractivity contribution in [1.82, 2.24) is 0 Å². The van der Waals surface area contributed by atoms with Gasteiger partial charge >= 0.3 is 0 Å². The van der Waals surface area contributed by atoms with E-state index in [1.165, 1.54) is 19.2 Å². The first-order valence-corrected chi connectivity index (χ1v) is 7.44. The summed E-state index contributed by atoms with van der Waals surface area (Å²) in [5.74, 6) is -0.523. The van der Waals surface area contributed by atoms with Crippen molar-refractivity contribution in [2.45, 2.75) is 17.9 Å². The highest BCUT2D eigenvalue weighted by Gasteiger charge is 2.19. The Bertz CT molecular complexity index is 542. The average Bonchev–Trinajstić information content (AvgIpc) is 2.39. The Morgan fingerprint density at radius 2 is 2.05 bits per heavy atom. The number of carbonyl (C=O) groups excluding carboxylic acids is 1. The quantitative estimate of drug-likeness (QED) is 0.788. The second-order valence-electron chi connectivity index (χ2n) is 3.95. The van der Waals surface area contributed by atoms with Crippen molar-refractivity contribution in [3.8, 4) is 0 Å². The molecule has 1 rings (SSSR count). The van der Waals surface area contributed by atoms with Gasteiger partial charge in [0.1, 0.15) is 6.04 Å². The number of ether oxygens (including phenoxy) is 1. The van der Waals surface area contributed by atoms with Crippen molar-refractivity contribution in [2.24, 2.45) is 5.73 Å². The number of methoxy groups -OCH3 is 1. The van der Waals surface area contributed by atoms with Crippen LogP contribution in [0.1, 0.15) is 6.92 Å². The first-order valence-electron chi connectivity index (χ1n) is 5.79. The fourth-order valence-corrected chi connectivity index (χ4v) is 2.53. The predicted molar refractivity (Wildman–Crippen MR) is 72.6 cm³/mol. The lowest BCUT2D eigenvalue weighted by atomic mass is 10.2. The largest absolute Gasteiger partial charge is 0.383 e. The lowest BCUT2D eigenvalue weighted by Gasteiger charge is -2.14. The Balaban J connectivity index is 3.00. The molecular weight excluding hydrogens is 268 g/mol. The molecule has 0 aliphatic rings. The Hall–Kier alpha value is -1.44. The molecule has 0 aliphatic carbocycles. The minimum Gasteiger partial charge on any atom is -0.383 e. The normalized spacial score (nSPS) is 13.0. The summed E-state index contributed by atoms with van der Waals surface area (Å²) in [5.41, 5.74) is 5.82. The average molecular weight is 286 g/mol. The molecule has 3 N–H and O–H groups in total. The van der Waals surface area contributed by atoms with Gasteiger partial charge in [0.25, 0.3) is 0 Å². The number of nitrogens with one attached hydrogen (secondary N) is 1. The minimum atomic E-state index is -3.40. The molecule has 0 radical (unpaired) electrons. The van der Waals surface area contributed by atoms with Crippen LogP contribution >= 0.6 is 0 Å². The lowest BCUT2D eigenvalue weighted by Crippen LogP contribution is -2.39. The molecule has 0 aromatic heterocycles. The van der Waals surface area contributed by atoms with Gasteiger partial charge in [0.05, 0.1) is 22.9 Å². The number of hydrogen-bond acceptors (Lipinski definition) is 5. The van der Waals surface area contributed by atoms with E-state index in [9.17, 15) is 13.2 Å². The number of benzene rings is 1. The van der Waals surface area contributed by atoms with Gasteiger partial charge < -0.3 is 15.8 Å². The minimum absolute atomic E-state index is 0.0377. The van der Waals surface area contributed by atoms with Gasteiger partial charge in [0, 0.05) is 7.11 Å². The second kappa shape index (κ2) is 6.65. The van der Waals surface area contributed by atoms with Crippen LogP contribution in [0.25, 0.3) is 0 Å². The van der Waals surface area contributed by atoms with E-state index in [0.717, 1.165) is 0 Å². The third-order valence-corrected chi connectivity index (χ3v) is 4.33. The third kappa shape index (κ3) is 4.02. The fourth-order valence-electron chi connectivity index (χ4n) is 1.48. The second-order valence-corrected chi connectivity index (χ2v) is 6.20. The molecule has 1 aromatic carbocycles. The Morgan fingerprint density at radius 1 is 1.42 bits per heavy atom. The molecule has 6 nitrogen and oxygen atoms in total. The van der Waals surface area contributed by atoms with Gasteiger partial charge in [-0.3, -0.25) is 4.79 Å². The maximum atomic E-state index is 11.9. The topological polar surface area (TPSA) is 98.5 Å². The summed E-state index contributed by atoms with van der Waals surface area (Å²) in [6, 6.07) is 5.39. The maximum Gasteiger partial charge on any atom is 0.243 e. The third-order valence-electron chi connectivity index (χ3n) is 2.54. The van der Waals surface area contributed by atoms with Crippen molar-refractivity contribution >= 4 is 21.4 Å². The van der Waals surface area contributed by atoms with Gasteiger partial charge in [-0.15, -0.1) is 0 Å². The van der Waals surface area contributed by atoms with Crippen LogP contribution in [0.5, 0.6) is 0 Å². The summed E-state index contributed by atoms with van der Waals surface area (Å²) >= 11 is 0. The van der Waals surface area contributed by atoms with E-state index >= 15 is 0 Å². The van der Waals surface area contributed by atoms with E-state index in [2.05, 4.69) is 5.32 Å². The SMILES string of the molecule is CCS(=O)(=O)c1ccccc1NC(=O)C(N)COC. The summed E-state index contributed by atoms with van der Waals surface area (Å²) in [5, 5.41) is 2.51. The number of anilines is 1. The van der Waals surface area contributed by atoms with Crippen LogP contribution in [0.15, 0.2) is 29.2 Å². The Morgan fingerprint density at radius 3 is 2.63 bits per heavy atom. The van der Waals surface area contributed by atoms with E-state index in [4.69, 9.17) is 10.5 Å². The van der Waals surface area contributed by atoms with E-state index in [0.29, 0.717) is 0 Å². The lowest BCUT2D eigenvalue weighted by molar-refractivity contribution is -0.118. The maximum absolute atomic E-state index is 11.9. The van der Waals surface area contributed by atoms with Gasteiger partial charge in [0.2, 0.25) is 5.91 Å². The van der Waals surface area contributed by atoms with Crippen molar-refractivity contribution in [2.75, 3.05) is 24.8 Å². The Labute approximate surface area is 112 Å². The van der Waals surface area contributed by atoms with Crippen LogP contribution in [0.4, 0.5) is 5.69 Å². The van der Waals surface area contributed by atoms with Crippen LogP contribution < -0.4 is 11.1 Å². The highest BCUT2D eigenvalue weighted by Crippen LogP contribution is 2.21. The van der Waals surface area contributed by atoms with Crippen molar-refractivity contribution in [3.05, 3.63) is 24.3 Å². The van der Waals surface area contributed by atoms with Crippen LogP contribution in [-0.2, 0) is 19.4 Å². The smallest absolute Gasteiger partial charge is 0.243 e. The number of carbonyl (C=O) groups is 1. The number of nitrogens with two attached hydrogens (primary N) is 1. The molecule has 106 valence electrons. The molecule has 1 amide bonds. The van der Waals surface area contributed by atoms with Gasteiger partial charge in [0.15, 0.2) is 9.84 Å². The molecule has 1 aromatic rings. The van der Waals surface area contributed by atoms with Gasteiger partial charge in [-0.05, 0) is 12.1 Å². The van der Waals surface area contributed by atoms with Gasteiger partial charge in [-0.1, -0.05) is 19.1 Å². The standard InChI is InChI=1S/C12H18N2O4S/c1-3-19(16,17)11-7-5-4-6-10(11)14-12(15)9(13)8-18-2/h4-7,9H,3,8,13H2,1-2H3,(H,14,15). The molecule has 0 saturated heterocycles. The number of hydrogen-bond donors (Lipinski definition) is 2. The summed E-state index contributed by atoms with van der Waals surface area (Å²) in [6.45, 7) is 1.61. The summed E-state index contributed by atoms with van der Waals surface area (Å²) in [6.07, 6.45) is 0. The molecular formula is C12H18N2O4S. The van der Waals surface area contributed by atoms with Crippen molar-refractivity contribution in [3.63, 3.8) is 0 Å². The van der Waals surface area contributed by atoms with Crippen molar-refractivity contribution < 1.29 is 17.9 Å². The monoisotopic (exact) mass is 286 g/mol. The number of sulfone groups is 1. The highest BCUT2D eigenvalue weighted by molar-refractivity contribution is 7.91. The van der Waals surface area contributed by atoms with Crippen LogP contribution in [0.3, 0.4) is 0 Å². The Kier molecular flexibility index (Phi) is 5.46. The number of amides is 1. The molecule has 19 heavy (non-hydrogen) atoms. The zero-order valence-electron chi connectivity index (χ0n) is 10.9. The molecule has 0 saturated carbocycles. The summed E-state index contributed by atoms with van der Waals surface area (Å²) in [7, 11) is -1.97. The first kappa shape index (κ1) is 15.6. The van der Waals surface area contributed by atoms with Gasteiger partial charge in [-0.25, -0.2) is 8.42 Å². The fraction of sp³-hybridized carbons (Fsp3) is 0.417. The molecule has 0 bridgehead atoms. The van der Waals surface area contributed by atoms with Crippen LogP contribution in [-0.4, -0.2) is 39.8 Å². The first-order chi connectivity index (χ1) is 8.92. The summed E-state index contributed by atoms with van der Waals surface area (Å²) in [4.78, 5) is 11.9. The van der Waals surface area contributed by atoms with Gasteiger partial charge in [-0.2, -0.15) is 0 Å². The molecule has 7 heteroatoms. The van der Waals surface area contributed by atoms with Crippen molar-refractivity contribution in [1.29, 1.82) is 0 Å². The number of para-hydroxylation sites is 1. The molecule has 0 spiro atoms. The van der Waals surface area contributed by atoms with E-state index < -0.39 is 21.8 Å². The summed E-state index contributed by atoms with van der Waals surface area (Å²) < 4.78 is 28.6. The molecule has 0 fully saturated rings. The molecule has 1 atom stereocenters. The predicted octanol–water partition coefficient (Wildman–Crippen LogP) is 0.392. The highest BCUT2D eigenvalue weighted by atomic mass is 32.2.